The number of carboxylic acids is 1. The van der Waals surface area contributed by atoms with Gasteiger partial charge in [0.05, 0.1) is 6.10 Å². The number of amides is 2. The second-order valence-corrected chi connectivity index (χ2v) is 6.53. The summed E-state index contributed by atoms with van der Waals surface area (Å²) in [5.41, 5.74) is -0.117. The van der Waals surface area contributed by atoms with E-state index in [1.165, 1.54) is 4.90 Å². The highest BCUT2D eigenvalue weighted by atomic mass is 16.5. The number of ether oxygens (including phenoxy) is 1. The van der Waals surface area contributed by atoms with E-state index < -0.39 is 12.0 Å². The third-order valence-corrected chi connectivity index (χ3v) is 4.97. The van der Waals surface area contributed by atoms with Gasteiger partial charge in [0.25, 0.3) is 0 Å². The lowest BCUT2D eigenvalue weighted by atomic mass is 9.64. The number of nitrogens with zero attached hydrogens (tertiary/aromatic N) is 1. The molecule has 2 amide bonds. The van der Waals surface area contributed by atoms with Gasteiger partial charge in [0.2, 0.25) is 0 Å². The minimum atomic E-state index is -0.923. The van der Waals surface area contributed by atoms with E-state index in [-0.39, 0.29) is 29.5 Å². The number of rotatable bonds is 3. The number of carbonyl (C=O) groups excluding carboxylic acids is 1. The lowest BCUT2D eigenvalue weighted by molar-refractivity contribution is -0.142. The molecule has 0 spiro atoms. The van der Waals surface area contributed by atoms with Gasteiger partial charge in [-0.05, 0) is 18.8 Å². The number of aliphatic carboxylic acids is 1. The molecule has 1 saturated carbocycles. The Morgan fingerprint density at radius 2 is 2.05 bits per heavy atom. The molecule has 2 aliphatic rings. The Kier molecular flexibility index (Phi) is 3.95. The molecule has 1 aliphatic carbocycles. The fourth-order valence-electron chi connectivity index (χ4n) is 3.31. The van der Waals surface area contributed by atoms with Gasteiger partial charge in [-0.1, -0.05) is 20.8 Å². The molecule has 0 aromatic heterocycles. The topological polar surface area (TPSA) is 78.9 Å². The van der Waals surface area contributed by atoms with E-state index in [0.29, 0.717) is 6.54 Å². The van der Waals surface area contributed by atoms with Crippen LogP contribution >= 0.6 is 0 Å². The molecule has 114 valence electrons. The maximum atomic E-state index is 12.3. The Bertz CT molecular complexity index is 410. The zero-order valence-electron chi connectivity index (χ0n) is 12.5. The average molecular weight is 284 g/mol. The van der Waals surface area contributed by atoms with Crippen LogP contribution in [0.2, 0.25) is 0 Å². The van der Waals surface area contributed by atoms with E-state index in [4.69, 9.17) is 4.74 Å². The quantitative estimate of drug-likeness (QED) is 0.819. The van der Waals surface area contributed by atoms with E-state index in [9.17, 15) is 14.7 Å². The summed E-state index contributed by atoms with van der Waals surface area (Å²) in [5, 5.41) is 12.2. The molecule has 0 radical (unpaired) electrons. The van der Waals surface area contributed by atoms with Crippen molar-refractivity contribution in [3.63, 3.8) is 0 Å². The van der Waals surface area contributed by atoms with Gasteiger partial charge in [-0.3, -0.25) is 0 Å². The third-order valence-electron chi connectivity index (χ3n) is 4.97. The number of hydrogen-bond acceptors (Lipinski definition) is 3. The van der Waals surface area contributed by atoms with Gasteiger partial charge in [0.1, 0.15) is 6.04 Å². The molecule has 6 heteroatoms. The Balaban J connectivity index is 1.98. The first-order valence-corrected chi connectivity index (χ1v) is 7.11. The zero-order chi connectivity index (χ0) is 15.1. The fourth-order valence-corrected chi connectivity index (χ4v) is 3.31. The van der Waals surface area contributed by atoms with Gasteiger partial charge >= 0.3 is 12.0 Å². The second-order valence-electron chi connectivity index (χ2n) is 6.53. The van der Waals surface area contributed by atoms with Crippen molar-refractivity contribution in [3.05, 3.63) is 0 Å². The summed E-state index contributed by atoms with van der Waals surface area (Å²) in [7, 11) is 1.67. The number of likely N-dealkylation sites (tertiary alicyclic amines) is 1. The molecular weight excluding hydrogens is 260 g/mol. The molecule has 2 rings (SSSR count). The van der Waals surface area contributed by atoms with Crippen molar-refractivity contribution < 1.29 is 19.4 Å². The molecule has 1 heterocycles. The standard InChI is InChI=1S/C14H24N2O4/c1-8-5-6-16(11(8)12(17)18)13(19)15-9-7-10(20-4)14(9,2)3/h8-11H,5-7H2,1-4H3,(H,15,19)(H,17,18). The first-order chi connectivity index (χ1) is 9.28. The Hall–Kier alpha value is -1.30. The lowest BCUT2D eigenvalue weighted by Crippen LogP contribution is -2.64. The zero-order valence-corrected chi connectivity index (χ0v) is 12.5. The molecule has 2 fully saturated rings. The first kappa shape index (κ1) is 15.1. The van der Waals surface area contributed by atoms with Crippen molar-refractivity contribution in [2.45, 2.75) is 51.8 Å². The molecule has 1 aliphatic heterocycles. The van der Waals surface area contributed by atoms with Crippen LogP contribution in [0.4, 0.5) is 4.79 Å². The number of nitrogens with one attached hydrogen (secondary N) is 1. The summed E-state index contributed by atoms with van der Waals surface area (Å²) in [6, 6.07) is -0.948. The summed E-state index contributed by atoms with van der Waals surface area (Å²) in [5.74, 6) is -0.924. The largest absolute Gasteiger partial charge is 0.480 e. The normalized spacial score (nSPS) is 35.5. The summed E-state index contributed by atoms with van der Waals surface area (Å²) < 4.78 is 5.36. The van der Waals surface area contributed by atoms with Crippen LogP contribution in [-0.2, 0) is 9.53 Å². The predicted octanol–water partition coefficient (Wildman–Crippen LogP) is 1.30. The van der Waals surface area contributed by atoms with Crippen LogP contribution in [0.1, 0.15) is 33.6 Å². The number of urea groups is 1. The number of methoxy groups -OCH3 is 1. The molecule has 0 aromatic carbocycles. The van der Waals surface area contributed by atoms with Crippen molar-refractivity contribution in [3.8, 4) is 0 Å². The van der Waals surface area contributed by atoms with Crippen molar-refractivity contribution in [1.82, 2.24) is 10.2 Å². The van der Waals surface area contributed by atoms with Crippen molar-refractivity contribution in [2.24, 2.45) is 11.3 Å². The van der Waals surface area contributed by atoms with Gasteiger partial charge in [0, 0.05) is 25.1 Å². The van der Waals surface area contributed by atoms with Crippen molar-refractivity contribution in [1.29, 1.82) is 0 Å². The molecule has 20 heavy (non-hydrogen) atoms. The molecule has 4 atom stereocenters. The minimum absolute atomic E-state index is 0.000579. The van der Waals surface area contributed by atoms with Gasteiger partial charge in [-0.15, -0.1) is 0 Å². The van der Waals surface area contributed by atoms with Gasteiger partial charge < -0.3 is 20.1 Å². The SMILES string of the molecule is COC1CC(NC(=O)N2CCC(C)C2C(=O)O)C1(C)C. The number of carboxylic acid groups (broad SMARTS) is 1. The van der Waals surface area contributed by atoms with Crippen LogP contribution in [0.5, 0.6) is 0 Å². The van der Waals surface area contributed by atoms with E-state index in [1.807, 2.05) is 6.92 Å². The summed E-state index contributed by atoms with van der Waals surface area (Å²) in [6.45, 7) is 6.49. The van der Waals surface area contributed by atoms with E-state index in [0.717, 1.165) is 12.8 Å². The van der Waals surface area contributed by atoms with Gasteiger partial charge in [-0.2, -0.15) is 0 Å². The van der Waals surface area contributed by atoms with Crippen LogP contribution in [-0.4, -0.2) is 53.8 Å². The van der Waals surface area contributed by atoms with Crippen molar-refractivity contribution >= 4 is 12.0 Å². The monoisotopic (exact) mass is 284 g/mol. The van der Waals surface area contributed by atoms with E-state index >= 15 is 0 Å². The van der Waals surface area contributed by atoms with E-state index in [2.05, 4.69) is 19.2 Å². The highest BCUT2D eigenvalue weighted by Gasteiger charge is 2.50. The highest BCUT2D eigenvalue weighted by Crippen LogP contribution is 2.42. The van der Waals surface area contributed by atoms with E-state index in [1.54, 1.807) is 7.11 Å². The van der Waals surface area contributed by atoms with Crippen molar-refractivity contribution in [2.75, 3.05) is 13.7 Å². The van der Waals surface area contributed by atoms with Gasteiger partial charge in [-0.25, -0.2) is 9.59 Å². The Morgan fingerprint density at radius 1 is 1.40 bits per heavy atom. The average Bonchev–Trinajstić information content (AvgIpc) is 2.75. The summed E-state index contributed by atoms with van der Waals surface area (Å²) in [4.78, 5) is 25.0. The van der Waals surface area contributed by atoms with Crippen LogP contribution < -0.4 is 5.32 Å². The Morgan fingerprint density at radius 3 is 2.55 bits per heavy atom. The molecule has 6 nitrogen and oxygen atoms in total. The summed E-state index contributed by atoms with van der Waals surface area (Å²) in [6.07, 6.45) is 1.65. The van der Waals surface area contributed by atoms with Crippen LogP contribution in [0.25, 0.3) is 0 Å². The molecule has 0 bridgehead atoms. The maximum Gasteiger partial charge on any atom is 0.326 e. The first-order valence-electron chi connectivity index (χ1n) is 7.11. The molecule has 2 N–H and O–H groups in total. The van der Waals surface area contributed by atoms with Crippen LogP contribution in [0.15, 0.2) is 0 Å². The van der Waals surface area contributed by atoms with Crippen LogP contribution in [0.3, 0.4) is 0 Å². The van der Waals surface area contributed by atoms with Crippen LogP contribution in [0, 0.1) is 11.3 Å². The number of carbonyl (C=O) groups is 2. The molecule has 0 aromatic rings. The minimum Gasteiger partial charge on any atom is -0.480 e. The number of hydrogen-bond donors (Lipinski definition) is 2. The maximum absolute atomic E-state index is 12.3. The smallest absolute Gasteiger partial charge is 0.326 e. The highest BCUT2D eigenvalue weighted by molar-refractivity contribution is 5.83. The third kappa shape index (κ3) is 2.37. The summed E-state index contributed by atoms with van der Waals surface area (Å²) >= 11 is 0. The fraction of sp³-hybridized carbons (Fsp3) is 0.857. The van der Waals surface area contributed by atoms with Gasteiger partial charge in [0.15, 0.2) is 0 Å². The molecule has 1 saturated heterocycles. The predicted molar refractivity (Wildman–Crippen MR) is 73.4 cm³/mol. The molecule has 4 unspecified atom stereocenters. The molecular formula is C14H24N2O4. The lowest BCUT2D eigenvalue weighted by Gasteiger charge is -2.51. The Labute approximate surface area is 119 Å². The second kappa shape index (κ2) is 5.24.